The molecule has 0 unspecified atom stereocenters. The van der Waals surface area contributed by atoms with Gasteiger partial charge in [0.25, 0.3) is 0 Å². The number of ether oxygens (including phenoxy) is 1. The minimum atomic E-state index is -0.670. The number of anilines is 3. The number of benzene rings is 1. The average molecular weight is 448 g/mol. The van der Waals surface area contributed by atoms with Crippen molar-refractivity contribution in [2.24, 2.45) is 0 Å². The number of aromatic nitrogens is 5. The number of nitrogens with zero attached hydrogens (tertiary/aromatic N) is 6. The van der Waals surface area contributed by atoms with Crippen LogP contribution >= 0.6 is 0 Å². The first kappa shape index (κ1) is 21.7. The van der Waals surface area contributed by atoms with E-state index >= 15 is 0 Å². The SMILES string of the molecule is COC(=O)N(C)c1c(N)nc(-c2cc(-c3ccccn3)n(Cc3ccccc3F)n2)nc1N. The Balaban J connectivity index is 1.80. The summed E-state index contributed by atoms with van der Waals surface area (Å²) in [7, 11) is 2.68. The molecule has 0 saturated heterocycles. The van der Waals surface area contributed by atoms with Crippen LogP contribution in [0.15, 0.2) is 54.7 Å². The number of hydrogen-bond donors (Lipinski definition) is 2. The average Bonchev–Trinajstić information content (AvgIpc) is 3.24. The van der Waals surface area contributed by atoms with Gasteiger partial charge in [-0.1, -0.05) is 24.3 Å². The Morgan fingerprint density at radius 1 is 1.09 bits per heavy atom. The monoisotopic (exact) mass is 448 g/mol. The predicted octanol–water partition coefficient (Wildman–Crippen LogP) is 2.96. The van der Waals surface area contributed by atoms with Crippen LogP contribution in [0, 0.1) is 5.82 Å². The van der Waals surface area contributed by atoms with Crippen LogP contribution in [0.25, 0.3) is 22.9 Å². The largest absolute Gasteiger partial charge is 0.452 e. The Hall–Kier alpha value is -4.54. The molecule has 1 aromatic carbocycles. The molecule has 4 aromatic rings. The molecule has 0 spiro atoms. The topological polar surface area (TPSA) is 138 Å². The molecule has 0 saturated carbocycles. The molecule has 33 heavy (non-hydrogen) atoms. The van der Waals surface area contributed by atoms with E-state index in [2.05, 4.69) is 20.1 Å². The van der Waals surface area contributed by atoms with Crippen LogP contribution in [0.2, 0.25) is 0 Å². The van der Waals surface area contributed by atoms with E-state index < -0.39 is 6.09 Å². The number of methoxy groups -OCH3 is 1. The summed E-state index contributed by atoms with van der Waals surface area (Å²) < 4.78 is 20.6. The van der Waals surface area contributed by atoms with Gasteiger partial charge >= 0.3 is 6.09 Å². The van der Waals surface area contributed by atoms with Crippen LogP contribution in [-0.4, -0.2) is 45.0 Å². The van der Waals surface area contributed by atoms with E-state index in [0.717, 1.165) is 4.90 Å². The first-order valence-electron chi connectivity index (χ1n) is 9.86. The van der Waals surface area contributed by atoms with Gasteiger partial charge in [-0.05, 0) is 24.3 Å². The van der Waals surface area contributed by atoms with Gasteiger partial charge in [-0.2, -0.15) is 5.10 Å². The molecule has 4 N–H and O–H groups in total. The van der Waals surface area contributed by atoms with Crippen LogP contribution in [0.5, 0.6) is 0 Å². The van der Waals surface area contributed by atoms with Crippen LogP contribution in [0.4, 0.5) is 26.5 Å². The van der Waals surface area contributed by atoms with Crippen molar-refractivity contribution in [1.29, 1.82) is 0 Å². The Bertz CT molecular complexity index is 1290. The highest BCUT2D eigenvalue weighted by molar-refractivity contribution is 5.94. The van der Waals surface area contributed by atoms with E-state index in [1.54, 1.807) is 41.2 Å². The molecule has 0 bridgehead atoms. The van der Waals surface area contributed by atoms with Gasteiger partial charge < -0.3 is 16.2 Å². The molecule has 1 amide bonds. The van der Waals surface area contributed by atoms with Crippen molar-refractivity contribution in [1.82, 2.24) is 24.7 Å². The lowest BCUT2D eigenvalue weighted by Crippen LogP contribution is -2.28. The Morgan fingerprint density at radius 2 is 1.79 bits per heavy atom. The summed E-state index contributed by atoms with van der Waals surface area (Å²) in [5.41, 5.74) is 14.4. The van der Waals surface area contributed by atoms with Gasteiger partial charge in [-0.3, -0.25) is 14.6 Å². The summed E-state index contributed by atoms with van der Waals surface area (Å²) in [6, 6.07) is 13.6. The molecular weight excluding hydrogens is 427 g/mol. The number of nitrogen functional groups attached to an aromatic ring is 2. The molecule has 0 radical (unpaired) electrons. The van der Waals surface area contributed by atoms with Crippen molar-refractivity contribution in [2.45, 2.75) is 6.54 Å². The third kappa shape index (κ3) is 4.28. The van der Waals surface area contributed by atoms with Crippen molar-refractivity contribution < 1.29 is 13.9 Å². The maximum atomic E-state index is 14.3. The molecule has 4 rings (SSSR count). The number of carbonyl (C=O) groups is 1. The Labute approximate surface area is 188 Å². The van der Waals surface area contributed by atoms with Gasteiger partial charge in [0, 0.05) is 18.8 Å². The van der Waals surface area contributed by atoms with E-state index in [0.29, 0.717) is 22.6 Å². The molecule has 11 heteroatoms. The summed E-state index contributed by atoms with van der Waals surface area (Å²) >= 11 is 0. The number of halogens is 1. The maximum absolute atomic E-state index is 14.3. The zero-order chi connectivity index (χ0) is 23.5. The molecule has 0 fully saturated rings. The molecule has 3 heterocycles. The van der Waals surface area contributed by atoms with E-state index in [1.807, 2.05) is 12.1 Å². The quantitative estimate of drug-likeness (QED) is 0.475. The molecule has 168 valence electrons. The summed E-state index contributed by atoms with van der Waals surface area (Å²) in [5.74, 6) is -0.236. The van der Waals surface area contributed by atoms with E-state index in [-0.39, 0.29) is 35.5 Å². The molecule has 0 aliphatic heterocycles. The number of carbonyl (C=O) groups excluding carboxylic acids is 1. The number of rotatable bonds is 5. The maximum Gasteiger partial charge on any atom is 0.413 e. The zero-order valence-corrected chi connectivity index (χ0v) is 17.9. The number of pyridine rings is 1. The van der Waals surface area contributed by atoms with Crippen LogP contribution < -0.4 is 16.4 Å². The third-order valence-electron chi connectivity index (χ3n) is 4.94. The fourth-order valence-electron chi connectivity index (χ4n) is 3.33. The zero-order valence-electron chi connectivity index (χ0n) is 17.9. The minimum Gasteiger partial charge on any atom is -0.452 e. The van der Waals surface area contributed by atoms with Crippen molar-refractivity contribution in [3.8, 4) is 22.9 Å². The smallest absolute Gasteiger partial charge is 0.413 e. The number of amides is 1. The lowest BCUT2D eigenvalue weighted by atomic mass is 10.2. The second-order valence-electron chi connectivity index (χ2n) is 7.07. The first-order valence-corrected chi connectivity index (χ1v) is 9.86. The fraction of sp³-hybridized carbons (Fsp3) is 0.136. The number of hydrogen-bond acceptors (Lipinski definition) is 8. The van der Waals surface area contributed by atoms with Gasteiger partial charge in [-0.15, -0.1) is 0 Å². The lowest BCUT2D eigenvalue weighted by molar-refractivity contribution is 0.180. The molecule has 3 aromatic heterocycles. The summed E-state index contributed by atoms with van der Waals surface area (Å²) in [6.45, 7) is 0.159. The van der Waals surface area contributed by atoms with Crippen LogP contribution in [-0.2, 0) is 11.3 Å². The molecular formula is C22H21FN8O2. The highest BCUT2D eigenvalue weighted by atomic mass is 19.1. The summed E-state index contributed by atoms with van der Waals surface area (Å²) in [6.07, 6.45) is 0.982. The molecule has 0 atom stereocenters. The van der Waals surface area contributed by atoms with Crippen molar-refractivity contribution in [2.75, 3.05) is 30.5 Å². The van der Waals surface area contributed by atoms with Gasteiger partial charge in [0.2, 0.25) is 0 Å². The number of nitrogens with two attached hydrogens (primary N) is 2. The lowest BCUT2D eigenvalue weighted by Gasteiger charge is -2.18. The van der Waals surface area contributed by atoms with Crippen molar-refractivity contribution >= 4 is 23.4 Å². The standard InChI is InChI=1S/C22H21FN8O2/c1-30(22(32)33-2)18-19(24)27-21(28-20(18)25)16-11-17(15-9-5-6-10-26-15)31(29-16)12-13-7-3-4-8-14(13)23/h3-11H,12H2,1-2H3,(H4,24,25,27,28). The molecule has 0 aliphatic carbocycles. The van der Waals surface area contributed by atoms with Crippen LogP contribution in [0.3, 0.4) is 0 Å². The second kappa shape index (κ2) is 8.91. The molecule has 0 aliphatic rings. The highest BCUT2D eigenvalue weighted by Gasteiger charge is 2.22. The van der Waals surface area contributed by atoms with Gasteiger partial charge in [0.15, 0.2) is 17.5 Å². The summed E-state index contributed by atoms with van der Waals surface area (Å²) in [5, 5.41) is 4.57. The Kier molecular flexibility index (Phi) is 5.85. The second-order valence-corrected chi connectivity index (χ2v) is 7.07. The van der Waals surface area contributed by atoms with Gasteiger partial charge in [-0.25, -0.2) is 19.2 Å². The predicted molar refractivity (Wildman–Crippen MR) is 122 cm³/mol. The first-order chi connectivity index (χ1) is 15.9. The minimum absolute atomic E-state index is 0.0200. The summed E-state index contributed by atoms with van der Waals surface area (Å²) in [4.78, 5) is 25.9. The van der Waals surface area contributed by atoms with Crippen LogP contribution in [0.1, 0.15) is 5.56 Å². The highest BCUT2D eigenvalue weighted by Crippen LogP contribution is 2.31. The van der Waals surface area contributed by atoms with Gasteiger partial charge in [0.1, 0.15) is 17.2 Å². The fourth-order valence-corrected chi connectivity index (χ4v) is 3.33. The van der Waals surface area contributed by atoms with E-state index in [1.165, 1.54) is 20.2 Å². The van der Waals surface area contributed by atoms with E-state index in [9.17, 15) is 9.18 Å². The molecule has 10 nitrogen and oxygen atoms in total. The normalized spacial score (nSPS) is 10.8. The third-order valence-corrected chi connectivity index (χ3v) is 4.94. The van der Waals surface area contributed by atoms with E-state index in [4.69, 9.17) is 16.2 Å². The Morgan fingerprint density at radius 3 is 2.42 bits per heavy atom. The van der Waals surface area contributed by atoms with Crippen molar-refractivity contribution in [3.63, 3.8) is 0 Å². The van der Waals surface area contributed by atoms with Crippen molar-refractivity contribution in [3.05, 3.63) is 66.1 Å². The van der Waals surface area contributed by atoms with Gasteiger partial charge in [0.05, 0.1) is 25.0 Å².